The lowest BCUT2D eigenvalue weighted by atomic mass is 10.8. The Labute approximate surface area is 52.8 Å². The summed E-state index contributed by atoms with van der Waals surface area (Å²) in [4.78, 5) is 0. The highest BCUT2D eigenvalue weighted by Crippen LogP contribution is 2.01. The van der Waals surface area contributed by atoms with Gasteiger partial charge in [-0.15, -0.1) is 0 Å². The van der Waals surface area contributed by atoms with Crippen molar-refractivity contribution in [3.63, 3.8) is 0 Å². The lowest BCUT2D eigenvalue weighted by Crippen LogP contribution is -1.84. The van der Waals surface area contributed by atoms with Gasteiger partial charge in [-0.1, -0.05) is 0 Å². The average molecular weight is 149 g/mol. The van der Waals surface area contributed by atoms with E-state index in [0.29, 0.717) is 0 Å². The molecule has 1 unspecified atom stereocenters. The van der Waals surface area contributed by atoms with Gasteiger partial charge in [0.1, 0.15) is 0 Å². The van der Waals surface area contributed by atoms with E-state index in [1.807, 2.05) is 0 Å². The zero-order valence-electron chi connectivity index (χ0n) is 3.77. The average Bonchev–Trinajstić information content (AvgIpc) is 2.12. The fourth-order valence-electron chi connectivity index (χ4n) is 0.292. The van der Waals surface area contributed by atoms with Gasteiger partial charge >= 0.3 is 0 Å². The van der Waals surface area contributed by atoms with Crippen LogP contribution in [-0.2, 0) is 11.1 Å². The summed E-state index contributed by atoms with van der Waals surface area (Å²) < 4.78 is 22.1. The van der Waals surface area contributed by atoms with Crippen LogP contribution in [0.3, 0.4) is 0 Å². The summed E-state index contributed by atoms with van der Waals surface area (Å²) in [6.07, 6.45) is 0. The van der Waals surface area contributed by atoms with Crippen molar-refractivity contribution in [2.75, 3.05) is 0 Å². The third-order valence-corrected chi connectivity index (χ3v) is 1.85. The lowest BCUT2D eigenvalue weighted by Gasteiger charge is -1.78. The minimum Gasteiger partial charge on any atom is -0.301 e. The van der Waals surface area contributed by atoms with Crippen molar-refractivity contribution in [1.29, 1.82) is 0 Å². The van der Waals surface area contributed by atoms with Gasteiger partial charge in [0, 0.05) is 5.38 Å². The molecule has 1 heterocycles. The first kappa shape index (κ1) is 5.87. The summed E-state index contributed by atoms with van der Waals surface area (Å²) in [7, 11) is 0. The van der Waals surface area contributed by atoms with Gasteiger partial charge in [-0.05, 0) is 17.6 Å². The summed E-state index contributed by atoms with van der Waals surface area (Å²) >= 11 is -0.734. The maximum absolute atomic E-state index is 10.1. The second-order valence-corrected chi connectivity index (χ2v) is 2.67. The first-order valence-corrected chi connectivity index (χ1v) is 3.76. The van der Waals surface area contributed by atoms with E-state index in [9.17, 15) is 4.21 Å². The van der Waals surface area contributed by atoms with Gasteiger partial charge in [0.2, 0.25) is 11.1 Å². The Kier molecular flexibility index (Phi) is 1.72. The topological polar surface area (TPSA) is 50.2 Å². The van der Waals surface area contributed by atoms with E-state index in [4.69, 9.17) is 4.55 Å². The van der Waals surface area contributed by atoms with Gasteiger partial charge in [0.05, 0.1) is 0 Å². The van der Waals surface area contributed by atoms with Crippen molar-refractivity contribution in [1.82, 2.24) is 4.37 Å². The molecule has 8 heavy (non-hydrogen) atoms. The zero-order chi connectivity index (χ0) is 5.98. The number of hydrogen-bond donors (Lipinski definition) is 1. The largest absolute Gasteiger partial charge is 0.301 e. The van der Waals surface area contributed by atoms with Crippen molar-refractivity contribution < 1.29 is 8.76 Å². The fraction of sp³-hybridized carbons (Fsp3) is 0. The van der Waals surface area contributed by atoms with Gasteiger partial charge in [-0.3, -0.25) is 0 Å². The summed E-state index contributed by atoms with van der Waals surface area (Å²) in [6, 6.07) is 1.51. The first-order chi connectivity index (χ1) is 3.80. The zero-order valence-corrected chi connectivity index (χ0v) is 5.41. The van der Waals surface area contributed by atoms with Gasteiger partial charge in [-0.25, -0.2) is 4.21 Å². The molecule has 1 atom stereocenters. The molecule has 1 aromatic rings. The van der Waals surface area contributed by atoms with Crippen LogP contribution in [0.2, 0.25) is 0 Å². The standard InChI is InChI=1S/C3H3NO2S2/c5-8(6)3-1-2-7-4-3/h1-2H,(H,5,6). The highest BCUT2D eigenvalue weighted by Gasteiger charge is 1.98. The van der Waals surface area contributed by atoms with Crippen LogP contribution in [0.25, 0.3) is 0 Å². The van der Waals surface area contributed by atoms with Crippen molar-refractivity contribution >= 4 is 22.6 Å². The smallest absolute Gasteiger partial charge is 0.206 e. The first-order valence-electron chi connectivity index (χ1n) is 1.82. The Morgan fingerprint density at radius 3 is 2.88 bits per heavy atom. The number of rotatable bonds is 1. The van der Waals surface area contributed by atoms with Crippen LogP contribution in [0, 0.1) is 0 Å². The molecule has 0 fully saturated rings. The second-order valence-electron chi connectivity index (χ2n) is 1.09. The lowest BCUT2D eigenvalue weighted by molar-refractivity contribution is 0.562. The van der Waals surface area contributed by atoms with Gasteiger partial charge in [0.15, 0.2) is 5.03 Å². The van der Waals surface area contributed by atoms with Crippen molar-refractivity contribution in [3.8, 4) is 0 Å². The third-order valence-electron chi connectivity index (χ3n) is 0.593. The molecule has 3 nitrogen and oxygen atoms in total. The molecule has 0 saturated carbocycles. The molecule has 0 aromatic carbocycles. The summed E-state index contributed by atoms with van der Waals surface area (Å²) in [6.45, 7) is 0. The Morgan fingerprint density at radius 2 is 2.62 bits per heavy atom. The Morgan fingerprint density at radius 1 is 1.88 bits per heavy atom. The van der Waals surface area contributed by atoms with Gasteiger partial charge < -0.3 is 4.55 Å². The van der Waals surface area contributed by atoms with E-state index in [0.717, 1.165) is 11.5 Å². The van der Waals surface area contributed by atoms with Crippen LogP contribution in [0.5, 0.6) is 0 Å². The van der Waals surface area contributed by atoms with Gasteiger partial charge in [0.25, 0.3) is 0 Å². The molecule has 0 amide bonds. The molecule has 0 saturated heterocycles. The van der Waals surface area contributed by atoms with Crippen LogP contribution < -0.4 is 0 Å². The van der Waals surface area contributed by atoms with Crippen molar-refractivity contribution in [3.05, 3.63) is 11.4 Å². The Bertz CT molecular complexity index is 183. The van der Waals surface area contributed by atoms with E-state index >= 15 is 0 Å². The minimum atomic E-state index is -1.90. The third kappa shape index (κ3) is 1.12. The molecule has 0 aliphatic heterocycles. The monoisotopic (exact) mass is 149 g/mol. The number of nitrogens with zero attached hydrogens (tertiary/aromatic N) is 1. The van der Waals surface area contributed by atoms with Crippen LogP contribution in [0.15, 0.2) is 16.5 Å². The van der Waals surface area contributed by atoms with Crippen LogP contribution in [-0.4, -0.2) is 13.1 Å². The van der Waals surface area contributed by atoms with E-state index < -0.39 is 11.1 Å². The normalized spacial score (nSPS) is 13.6. The number of hydrogen-bond acceptors (Lipinski definition) is 3. The van der Waals surface area contributed by atoms with E-state index in [1.165, 1.54) is 6.07 Å². The van der Waals surface area contributed by atoms with E-state index in [1.54, 1.807) is 5.38 Å². The molecular formula is C3H3NO2S2. The predicted molar refractivity (Wildman–Crippen MR) is 31.2 cm³/mol. The molecule has 0 radical (unpaired) electrons. The molecule has 1 aromatic heterocycles. The summed E-state index contributed by atoms with van der Waals surface area (Å²) in [5, 5.41) is 1.89. The van der Waals surface area contributed by atoms with E-state index in [2.05, 4.69) is 4.37 Å². The highest BCUT2D eigenvalue weighted by molar-refractivity contribution is 7.79. The molecule has 5 heteroatoms. The molecule has 0 aliphatic rings. The SMILES string of the molecule is O=S(O)c1ccsn1. The fourth-order valence-corrected chi connectivity index (χ4v) is 1.36. The van der Waals surface area contributed by atoms with Crippen LogP contribution >= 0.6 is 11.5 Å². The summed E-state index contributed by atoms with van der Waals surface area (Å²) in [5.74, 6) is 0. The van der Waals surface area contributed by atoms with Crippen molar-refractivity contribution in [2.45, 2.75) is 5.03 Å². The molecule has 1 N–H and O–H groups in total. The Balaban J connectivity index is 2.93. The molecule has 44 valence electrons. The van der Waals surface area contributed by atoms with Crippen molar-refractivity contribution in [2.24, 2.45) is 0 Å². The maximum atomic E-state index is 10.1. The van der Waals surface area contributed by atoms with E-state index in [-0.39, 0.29) is 5.03 Å². The molecule has 0 spiro atoms. The maximum Gasteiger partial charge on any atom is 0.206 e. The van der Waals surface area contributed by atoms with Crippen LogP contribution in [0.4, 0.5) is 0 Å². The number of aromatic nitrogens is 1. The molecule has 0 bridgehead atoms. The highest BCUT2D eigenvalue weighted by atomic mass is 32.2. The quantitative estimate of drug-likeness (QED) is 0.599. The Hall–Kier alpha value is -0.260. The van der Waals surface area contributed by atoms with Crippen LogP contribution in [0.1, 0.15) is 0 Å². The predicted octanol–water partition coefficient (Wildman–Crippen LogP) is 0.724. The molecular weight excluding hydrogens is 146 g/mol. The second kappa shape index (κ2) is 2.34. The van der Waals surface area contributed by atoms with Gasteiger partial charge in [-0.2, -0.15) is 4.37 Å². The molecule has 0 aliphatic carbocycles. The molecule has 1 rings (SSSR count). The summed E-state index contributed by atoms with van der Waals surface area (Å²) in [5.41, 5.74) is 0. The minimum absolute atomic E-state index is 0.231.